The molecule has 328 valence electrons. The molecule has 5 atom stereocenters. The molecule has 60 heavy (non-hydrogen) atoms. The highest BCUT2D eigenvalue weighted by Crippen LogP contribution is 2.25. The molecule has 2 aliphatic heterocycles. The first-order chi connectivity index (χ1) is 28.6. The van der Waals surface area contributed by atoms with Crippen molar-refractivity contribution < 1.29 is 57.6 Å². The van der Waals surface area contributed by atoms with Crippen LogP contribution in [-0.4, -0.2) is 140 Å². The average molecular weight is 839 g/mol. The smallest absolute Gasteiger partial charge is 0.341 e. The number of carboxylic acids is 1. The Hall–Kier alpha value is -5.75. The van der Waals surface area contributed by atoms with Gasteiger partial charge in [-0.15, -0.1) is 0 Å². The summed E-state index contributed by atoms with van der Waals surface area (Å²) in [6, 6.07) is 8.05. The lowest BCUT2D eigenvalue weighted by molar-refractivity contribution is -0.143. The number of carboxylic acid groups (broad SMARTS) is 1. The second-order valence-corrected chi connectivity index (χ2v) is 15.4. The molecule has 0 spiro atoms. The lowest BCUT2D eigenvalue weighted by atomic mass is 10.0. The first kappa shape index (κ1) is 46.9. The fourth-order valence-corrected chi connectivity index (χ4v) is 6.65. The number of benzene rings is 2. The van der Waals surface area contributed by atoms with Gasteiger partial charge >= 0.3 is 5.97 Å². The Morgan fingerprint density at radius 1 is 0.883 bits per heavy atom. The van der Waals surface area contributed by atoms with Crippen LogP contribution in [-0.2, 0) is 44.8 Å². The van der Waals surface area contributed by atoms with Gasteiger partial charge in [-0.3, -0.25) is 28.8 Å². The molecule has 18 heteroatoms. The van der Waals surface area contributed by atoms with E-state index in [0.717, 1.165) is 5.56 Å². The van der Waals surface area contributed by atoms with Gasteiger partial charge in [0.2, 0.25) is 29.5 Å². The normalized spacial score (nSPS) is 22.6. The standard InChI is InChI=1S/C42H58N6O12/c1-26(2)18-32-38(52)43-27(3)41(55)48-15-11-14-35(48)40(54)46-34(42(56)47(4)5)24-58-17-10-9-16-57-23-33(39(53)44-32)45-37(51)29-19-30(21-31(20-29)60-25-36(49)50)59-22-28-12-7-6-8-13-28/h6-8,12-13,19-21,26-27,32-35H,9-11,14-18,22-25H2,1-5H3,(H,43,52)(H,44,53)(H,45,51)(H,46,54)(H,49,50)/t27-,32-,33-,34-,35-/m0/s1. The van der Waals surface area contributed by atoms with Crippen LogP contribution >= 0.6 is 0 Å². The van der Waals surface area contributed by atoms with Crippen molar-refractivity contribution in [2.45, 2.75) is 89.7 Å². The van der Waals surface area contributed by atoms with Gasteiger partial charge in [0, 0.05) is 45.5 Å². The molecule has 0 radical (unpaired) electrons. The van der Waals surface area contributed by atoms with Crippen molar-refractivity contribution in [1.29, 1.82) is 0 Å². The van der Waals surface area contributed by atoms with E-state index in [9.17, 15) is 38.7 Å². The molecule has 4 rings (SSSR count). The van der Waals surface area contributed by atoms with Crippen molar-refractivity contribution >= 4 is 41.4 Å². The molecule has 2 fully saturated rings. The Morgan fingerprint density at radius 2 is 1.55 bits per heavy atom. The molecule has 5 N–H and O–H groups in total. The monoisotopic (exact) mass is 838 g/mol. The van der Waals surface area contributed by atoms with Crippen LogP contribution < -0.4 is 30.7 Å². The van der Waals surface area contributed by atoms with Crippen molar-refractivity contribution in [3.8, 4) is 11.5 Å². The van der Waals surface area contributed by atoms with E-state index in [1.54, 1.807) is 14.1 Å². The van der Waals surface area contributed by atoms with Gasteiger partial charge < -0.3 is 55.1 Å². The predicted octanol–water partition coefficient (Wildman–Crippen LogP) is 1.25. The predicted molar refractivity (Wildman–Crippen MR) is 217 cm³/mol. The van der Waals surface area contributed by atoms with Crippen LogP contribution in [0.4, 0.5) is 0 Å². The Bertz CT molecular complexity index is 1810. The van der Waals surface area contributed by atoms with E-state index in [1.807, 2.05) is 44.2 Å². The molecule has 0 bridgehead atoms. The second kappa shape index (κ2) is 23.1. The molecule has 0 saturated carbocycles. The molecule has 2 aliphatic rings. The Labute approximate surface area is 350 Å². The zero-order valence-corrected chi connectivity index (χ0v) is 34.9. The molecule has 0 aliphatic carbocycles. The number of nitrogens with zero attached hydrogens (tertiary/aromatic N) is 2. The van der Waals surface area contributed by atoms with Gasteiger partial charge in [-0.2, -0.15) is 0 Å². The van der Waals surface area contributed by atoms with Gasteiger partial charge in [0.1, 0.15) is 48.3 Å². The van der Waals surface area contributed by atoms with Crippen molar-refractivity contribution in [3.05, 3.63) is 59.7 Å². The number of amides is 6. The summed E-state index contributed by atoms with van der Waals surface area (Å²) in [6.45, 7) is 4.91. The largest absolute Gasteiger partial charge is 0.489 e. The van der Waals surface area contributed by atoms with E-state index in [2.05, 4.69) is 21.3 Å². The topological polar surface area (TPSA) is 231 Å². The third-order valence-corrected chi connectivity index (χ3v) is 9.73. The number of carbonyl (C=O) groups is 7. The highest BCUT2D eigenvalue weighted by Gasteiger charge is 2.39. The van der Waals surface area contributed by atoms with E-state index >= 15 is 0 Å². The quantitative estimate of drug-likeness (QED) is 0.215. The number of carbonyl (C=O) groups excluding carboxylic acids is 6. The fraction of sp³-hybridized carbons (Fsp3) is 0.548. The van der Waals surface area contributed by atoms with Crippen molar-refractivity contribution in [2.24, 2.45) is 5.92 Å². The summed E-state index contributed by atoms with van der Waals surface area (Å²) in [7, 11) is 3.13. The number of hydrogen-bond donors (Lipinski definition) is 5. The number of likely N-dealkylation sites (N-methyl/N-ethyl adjacent to an activating group) is 1. The minimum Gasteiger partial charge on any atom is -0.489 e. The number of ether oxygens (including phenoxy) is 4. The zero-order chi connectivity index (χ0) is 43.8. The maximum Gasteiger partial charge on any atom is 0.341 e. The van der Waals surface area contributed by atoms with E-state index < -0.39 is 72.3 Å². The molecule has 6 amide bonds. The van der Waals surface area contributed by atoms with Gasteiger partial charge in [-0.1, -0.05) is 44.2 Å². The molecule has 18 nitrogen and oxygen atoms in total. The summed E-state index contributed by atoms with van der Waals surface area (Å²) in [4.78, 5) is 95.9. The Balaban J connectivity index is 1.58. The van der Waals surface area contributed by atoms with Crippen molar-refractivity contribution in [3.63, 3.8) is 0 Å². The van der Waals surface area contributed by atoms with E-state index in [1.165, 1.54) is 34.9 Å². The SMILES string of the molecule is CC(C)C[C@@H]1NC(=O)[C@@H](NC(=O)c2cc(OCC(=O)O)cc(OCc3ccccc3)c2)COCCCCOC[C@@H](C(=O)N(C)C)NC(=O)[C@@H]2CCCN2C(=O)[C@H](C)NC1=O. The van der Waals surface area contributed by atoms with Gasteiger partial charge in [-0.05, 0) is 62.6 Å². The van der Waals surface area contributed by atoms with Crippen LogP contribution in [0.2, 0.25) is 0 Å². The molecule has 0 aromatic heterocycles. The highest BCUT2D eigenvalue weighted by molar-refractivity contribution is 5.99. The lowest BCUT2D eigenvalue weighted by Gasteiger charge is -2.30. The van der Waals surface area contributed by atoms with Crippen LogP contribution in [0.5, 0.6) is 11.5 Å². The number of hydrogen-bond acceptors (Lipinski definition) is 11. The molecule has 0 unspecified atom stereocenters. The average Bonchev–Trinajstić information content (AvgIpc) is 3.71. The molecular weight excluding hydrogens is 780 g/mol. The minimum atomic E-state index is -1.32. The molecular formula is C42H58N6O12. The second-order valence-electron chi connectivity index (χ2n) is 15.4. The number of nitrogens with one attached hydrogen (secondary N) is 4. The maximum atomic E-state index is 14.0. The van der Waals surface area contributed by atoms with Gasteiger partial charge in [0.25, 0.3) is 5.91 Å². The number of aliphatic carboxylic acids is 1. The third-order valence-electron chi connectivity index (χ3n) is 9.73. The van der Waals surface area contributed by atoms with Crippen LogP contribution in [0.1, 0.15) is 68.8 Å². The molecule has 2 saturated heterocycles. The fourth-order valence-electron chi connectivity index (χ4n) is 6.65. The van der Waals surface area contributed by atoms with Gasteiger partial charge in [0.05, 0.1) is 13.2 Å². The summed E-state index contributed by atoms with van der Waals surface area (Å²) in [5.41, 5.74) is 0.838. The lowest BCUT2D eigenvalue weighted by Crippen LogP contribution is -2.59. The van der Waals surface area contributed by atoms with Crippen LogP contribution in [0.25, 0.3) is 0 Å². The molecule has 2 aromatic rings. The maximum absolute atomic E-state index is 14.0. The van der Waals surface area contributed by atoms with Crippen LogP contribution in [0, 0.1) is 5.92 Å². The Kier molecular flexibility index (Phi) is 18.1. The van der Waals surface area contributed by atoms with Gasteiger partial charge in [-0.25, -0.2) is 4.79 Å². The highest BCUT2D eigenvalue weighted by atomic mass is 16.5. The number of fused-ring (bicyclic) bond motifs is 1. The summed E-state index contributed by atoms with van der Waals surface area (Å²) in [5.74, 6) is -4.57. The zero-order valence-electron chi connectivity index (χ0n) is 34.9. The van der Waals surface area contributed by atoms with Crippen LogP contribution in [0.15, 0.2) is 48.5 Å². The Morgan fingerprint density at radius 3 is 2.20 bits per heavy atom. The summed E-state index contributed by atoms with van der Waals surface area (Å²) in [5, 5.41) is 20.1. The summed E-state index contributed by atoms with van der Waals surface area (Å²) >= 11 is 0. The molecule has 2 aromatic carbocycles. The summed E-state index contributed by atoms with van der Waals surface area (Å²) < 4.78 is 22.9. The van der Waals surface area contributed by atoms with Crippen molar-refractivity contribution in [2.75, 3.05) is 53.7 Å². The van der Waals surface area contributed by atoms with Gasteiger partial charge in [0.15, 0.2) is 6.61 Å². The third kappa shape index (κ3) is 14.5. The first-order valence-corrected chi connectivity index (χ1v) is 20.2. The molecule has 2 heterocycles. The van der Waals surface area contributed by atoms with Crippen molar-refractivity contribution in [1.82, 2.24) is 31.1 Å². The minimum absolute atomic E-state index is 0.00342. The van der Waals surface area contributed by atoms with E-state index in [0.29, 0.717) is 25.7 Å². The summed E-state index contributed by atoms with van der Waals surface area (Å²) in [6.07, 6.45) is 2.05. The van der Waals surface area contributed by atoms with Crippen LogP contribution in [0.3, 0.4) is 0 Å². The van der Waals surface area contributed by atoms with E-state index in [-0.39, 0.29) is 74.9 Å². The van der Waals surface area contributed by atoms with E-state index in [4.69, 9.17) is 18.9 Å². The first-order valence-electron chi connectivity index (χ1n) is 20.2. The number of rotatable bonds is 11.